The molecule has 0 aromatic heterocycles. The lowest BCUT2D eigenvalue weighted by atomic mass is 10.00. The lowest BCUT2D eigenvalue weighted by Crippen LogP contribution is -2.61. The van der Waals surface area contributed by atoms with Gasteiger partial charge in [0.1, 0.15) is 48.3 Å². The number of carbonyl (C=O) groups excluding carboxylic acids is 10. The number of hydrogen-bond donors (Lipinski definition) is 16. The quantitative estimate of drug-likeness (QED) is 0.0284. The number of primary amides is 1. The summed E-state index contributed by atoms with van der Waals surface area (Å²) in [6, 6.07) is -6.09. The molecule has 76 heavy (non-hydrogen) atoms. The van der Waals surface area contributed by atoms with Crippen molar-refractivity contribution in [2.45, 2.75) is 140 Å². The highest BCUT2D eigenvalue weighted by Gasteiger charge is 2.36. The molecule has 0 aliphatic carbocycles. The molecule has 0 bridgehead atoms. The third-order valence-corrected chi connectivity index (χ3v) is 11.2. The van der Waals surface area contributed by atoms with Crippen LogP contribution in [0.15, 0.2) is 30.3 Å². The molecular weight excluding hydrogens is 1030 g/mol. The van der Waals surface area contributed by atoms with E-state index in [1.54, 1.807) is 44.2 Å². The molecule has 0 aliphatic heterocycles. The van der Waals surface area contributed by atoms with Crippen LogP contribution in [0.25, 0.3) is 0 Å². The van der Waals surface area contributed by atoms with Gasteiger partial charge in [-0.2, -0.15) is 12.6 Å². The number of rotatable bonds is 35. The molecule has 0 heterocycles. The zero-order chi connectivity index (χ0) is 58.0. The van der Waals surface area contributed by atoms with Crippen LogP contribution in [0.4, 0.5) is 0 Å². The second-order valence-corrected chi connectivity index (χ2v) is 18.5. The van der Waals surface area contributed by atoms with Gasteiger partial charge in [-0.3, -0.25) is 62.3 Å². The summed E-state index contributed by atoms with van der Waals surface area (Å²) in [4.78, 5) is 178. The van der Waals surface area contributed by atoms with Crippen LogP contribution in [0.3, 0.4) is 0 Å². The van der Waals surface area contributed by atoms with Crippen molar-refractivity contribution >= 4 is 95.6 Å². The van der Waals surface area contributed by atoms with Crippen LogP contribution in [0.5, 0.6) is 0 Å². The van der Waals surface area contributed by atoms with E-state index in [9.17, 15) is 82.4 Å². The van der Waals surface area contributed by atoms with Crippen molar-refractivity contribution in [3.8, 4) is 0 Å². The fourth-order valence-electron chi connectivity index (χ4n) is 6.77. The lowest BCUT2D eigenvalue weighted by Gasteiger charge is -2.28. The standard InChI is InChI=1S/C46H69N11O18S/c1-21(2)15-27(53-44(72)29(17-32(48)58)56-45(73)37(22(3)4)57-39(67)25(47)11-13-34(60)61)43(71)55-30(18-36(64)65)42(70)50-23(5)38(66)52-26(12-14-35(62)63)41(69)54-28(16-24-9-7-6-8-10-24)40(68)49-19-33(59)51-31(20-76)46(74)75/h6-10,21-23,25-31,37,76H,11-20,47H2,1-5H3,(H2,48,58)(H,49,68)(H,50,70)(H,51,59)(H,52,66)(H,53,72)(H,54,69)(H,55,71)(H,56,73)(H,57,67)(H,60,61)(H,62,63)(H,64,65)(H,74,75)/t23-,25-,26-,27-,28-,29-,30-,31-,37-/m0/s1. The normalized spacial score (nSPS) is 14.5. The van der Waals surface area contributed by atoms with E-state index in [2.05, 4.69) is 60.5 Å². The highest BCUT2D eigenvalue weighted by atomic mass is 32.1. The molecule has 0 spiro atoms. The average molecular weight is 1100 g/mol. The molecule has 1 aromatic rings. The molecule has 30 heteroatoms. The second kappa shape index (κ2) is 33.1. The van der Waals surface area contributed by atoms with Crippen LogP contribution in [-0.2, 0) is 73.5 Å². The van der Waals surface area contributed by atoms with Crippen LogP contribution in [0.1, 0.15) is 85.1 Å². The van der Waals surface area contributed by atoms with Gasteiger partial charge in [0.05, 0.1) is 25.4 Å². The Labute approximate surface area is 441 Å². The molecule has 1 rings (SSSR count). The minimum Gasteiger partial charge on any atom is -0.481 e. The zero-order valence-corrected chi connectivity index (χ0v) is 43.3. The Morgan fingerprint density at radius 3 is 1.55 bits per heavy atom. The van der Waals surface area contributed by atoms with Crippen molar-refractivity contribution in [2.24, 2.45) is 23.3 Å². The highest BCUT2D eigenvalue weighted by Crippen LogP contribution is 2.11. The first-order chi connectivity index (χ1) is 35.4. The van der Waals surface area contributed by atoms with Crippen LogP contribution >= 0.6 is 12.6 Å². The number of amides is 10. The number of carbonyl (C=O) groups is 14. The van der Waals surface area contributed by atoms with E-state index in [1.807, 2.05) is 0 Å². The first-order valence-electron chi connectivity index (χ1n) is 23.7. The van der Waals surface area contributed by atoms with Gasteiger partial charge in [-0.1, -0.05) is 58.0 Å². The van der Waals surface area contributed by atoms with Crippen LogP contribution in [0, 0.1) is 11.8 Å². The number of hydrogen-bond acceptors (Lipinski definition) is 16. The van der Waals surface area contributed by atoms with Crippen LogP contribution in [-0.4, -0.2) is 170 Å². The number of thiol groups is 1. The minimum absolute atomic E-state index is 0.180. The van der Waals surface area contributed by atoms with Gasteiger partial charge in [0, 0.05) is 25.0 Å². The van der Waals surface area contributed by atoms with Crippen molar-refractivity contribution in [3.05, 3.63) is 35.9 Å². The molecule has 29 nitrogen and oxygen atoms in total. The third-order valence-electron chi connectivity index (χ3n) is 10.8. The molecule has 0 aliphatic rings. The molecule has 422 valence electrons. The van der Waals surface area contributed by atoms with Crippen molar-refractivity contribution in [2.75, 3.05) is 12.3 Å². The molecule has 0 fully saturated rings. The maximum atomic E-state index is 13.8. The number of nitrogens with one attached hydrogen (secondary N) is 9. The summed E-state index contributed by atoms with van der Waals surface area (Å²) in [5, 5.41) is 57.9. The van der Waals surface area contributed by atoms with Gasteiger partial charge >= 0.3 is 23.9 Å². The topological polar surface area (TPSA) is 480 Å². The summed E-state index contributed by atoms with van der Waals surface area (Å²) in [7, 11) is 0. The van der Waals surface area contributed by atoms with E-state index in [-0.39, 0.29) is 30.9 Å². The zero-order valence-electron chi connectivity index (χ0n) is 42.4. The lowest BCUT2D eigenvalue weighted by molar-refractivity contribution is -0.142. The molecule has 0 saturated carbocycles. The van der Waals surface area contributed by atoms with Gasteiger partial charge in [-0.05, 0) is 43.6 Å². The van der Waals surface area contributed by atoms with Crippen molar-refractivity contribution < 1.29 is 87.5 Å². The smallest absolute Gasteiger partial charge is 0.327 e. The molecule has 0 unspecified atom stereocenters. The van der Waals surface area contributed by atoms with E-state index in [1.165, 1.54) is 13.8 Å². The number of nitrogens with two attached hydrogens (primary N) is 2. The highest BCUT2D eigenvalue weighted by molar-refractivity contribution is 7.80. The Morgan fingerprint density at radius 2 is 1.03 bits per heavy atom. The molecule has 10 amide bonds. The summed E-state index contributed by atoms with van der Waals surface area (Å²) in [6.07, 6.45) is -4.29. The number of benzene rings is 1. The number of carboxylic acids is 4. The van der Waals surface area contributed by atoms with Gasteiger partial charge in [0.25, 0.3) is 0 Å². The fourth-order valence-corrected chi connectivity index (χ4v) is 7.02. The monoisotopic (exact) mass is 1100 g/mol. The Hall–Kier alpha value is -7.89. The minimum atomic E-state index is -1.96. The fraction of sp³-hybridized carbons (Fsp3) is 0.565. The molecule has 0 saturated heterocycles. The van der Waals surface area contributed by atoms with Crippen LogP contribution < -0.4 is 59.3 Å². The summed E-state index contributed by atoms with van der Waals surface area (Å²) in [6.45, 7) is 6.65. The van der Waals surface area contributed by atoms with Gasteiger partial charge in [0.15, 0.2) is 0 Å². The van der Waals surface area contributed by atoms with E-state index in [4.69, 9.17) is 16.6 Å². The van der Waals surface area contributed by atoms with Crippen molar-refractivity contribution in [3.63, 3.8) is 0 Å². The Bertz CT molecular complexity index is 2270. The van der Waals surface area contributed by atoms with E-state index < -0.39 is 182 Å². The predicted molar refractivity (Wildman–Crippen MR) is 268 cm³/mol. The summed E-state index contributed by atoms with van der Waals surface area (Å²) >= 11 is 3.86. The SMILES string of the molecule is CC(C)C[C@H](NC(=O)[C@H](CC(N)=O)NC(=O)[C@@H](NC(=O)[C@@H](N)CCC(=O)O)C(C)C)C(=O)N[C@@H](CC(=O)O)C(=O)N[C@@H](C)C(=O)N[C@@H](CCC(=O)O)C(=O)N[C@@H](Cc1ccccc1)C(=O)NCC(=O)N[C@@H](CS)C(=O)O. The van der Waals surface area contributed by atoms with E-state index in [0.717, 1.165) is 6.92 Å². The summed E-state index contributed by atoms with van der Waals surface area (Å²) in [5.41, 5.74) is 11.7. The number of aliphatic carboxylic acids is 4. The van der Waals surface area contributed by atoms with E-state index in [0.29, 0.717) is 5.56 Å². The Kier molecular flexibility index (Phi) is 28.8. The van der Waals surface area contributed by atoms with Gasteiger partial charge in [-0.25, -0.2) is 4.79 Å². The maximum absolute atomic E-state index is 13.8. The third kappa shape index (κ3) is 25.4. The van der Waals surface area contributed by atoms with Gasteiger partial charge in [0.2, 0.25) is 59.1 Å². The summed E-state index contributed by atoms with van der Waals surface area (Å²) in [5.74, 6) is -17.6. The second-order valence-electron chi connectivity index (χ2n) is 18.2. The van der Waals surface area contributed by atoms with Gasteiger partial charge in [-0.15, -0.1) is 0 Å². The first kappa shape index (κ1) is 66.1. The van der Waals surface area contributed by atoms with Crippen LogP contribution in [0.2, 0.25) is 0 Å². The average Bonchev–Trinajstić information content (AvgIpc) is 3.32. The molecule has 1 aromatic carbocycles. The Balaban J connectivity index is 3.34. The molecular formula is C46H69N11O18S. The molecule has 17 N–H and O–H groups in total. The van der Waals surface area contributed by atoms with Crippen molar-refractivity contribution in [1.29, 1.82) is 0 Å². The summed E-state index contributed by atoms with van der Waals surface area (Å²) < 4.78 is 0. The predicted octanol–water partition coefficient (Wildman–Crippen LogP) is -4.63. The Morgan fingerprint density at radius 1 is 0.526 bits per heavy atom. The largest absolute Gasteiger partial charge is 0.481 e. The molecule has 9 atom stereocenters. The maximum Gasteiger partial charge on any atom is 0.327 e. The van der Waals surface area contributed by atoms with Gasteiger partial charge < -0.3 is 79.7 Å². The molecule has 0 radical (unpaired) electrons. The number of carboxylic acid groups (broad SMARTS) is 4. The van der Waals surface area contributed by atoms with Crippen molar-refractivity contribution in [1.82, 2.24) is 47.9 Å². The first-order valence-corrected chi connectivity index (χ1v) is 24.4. The van der Waals surface area contributed by atoms with E-state index >= 15 is 0 Å².